The number of nitriles is 1. The minimum Gasteiger partial charge on any atom is -0.465 e. The van der Waals surface area contributed by atoms with Crippen LogP contribution < -0.4 is 4.90 Å². The van der Waals surface area contributed by atoms with E-state index >= 15 is 0 Å². The molecule has 1 amide bonds. The van der Waals surface area contributed by atoms with E-state index in [-0.39, 0.29) is 22.8 Å². The zero-order valence-electron chi connectivity index (χ0n) is 11.9. The van der Waals surface area contributed by atoms with Crippen LogP contribution in [0.3, 0.4) is 0 Å². The van der Waals surface area contributed by atoms with E-state index in [1.807, 2.05) is 11.2 Å². The Morgan fingerprint density at radius 1 is 1.41 bits per heavy atom. The number of thioether (sulfide) groups is 1. The van der Waals surface area contributed by atoms with Crippen molar-refractivity contribution in [1.29, 1.82) is 5.26 Å². The van der Waals surface area contributed by atoms with Gasteiger partial charge < -0.3 is 10.0 Å². The molecule has 7 nitrogen and oxygen atoms in total. The first-order valence-electron chi connectivity index (χ1n) is 6.83. The van der Waals surface area contributed by atoms with Gasteiger partial charge in [-0.2, -0.15) is 5.26 Å². The summed E-state index contributed by atoms with van der Waals surface area (Å²) < 4.78 is 0. The maximum absolute atomic E-state index is 11.3. The van der Waals surface area contributed by atoms with Crippen LogP contribution in [-0.4, -0.2) is 57.5 Å². The van der Waals surface area contributed by atoms with Gasteiger partial charge in [-0.15, -0.1) is 0 Å². The van der Waals surface area contributed by atoms with Crippen molar-refractivity contribution in [3.05, 3.63) is 10.7 Å². The Labute approximate surface area is 136 Å². The summed E-state index contributed by atoms with van der Waals surface area (Å²) in [7, 11) is 0. The fraction of sp³-hybridized carbons (Fsp3) is 0.538. The maximum Gasteiger partial charge on any atom is 0.407 e. The standard InChI is InChI=1S/C13H14ClN5O2S/c1-22-12-16-10(14)9(4-15)11(17-12)18-5-7-2-3-8(6-18)19(7)13(20)21/h7-8H,2-3,5-6H2,1H3,(H,20,21)/t7-,8+. The van der Waals surface area contributed by atoms with Crippen LogP contribution in [0.5, 0.6) is 0 Å². The Morgan fingerprint density at radius 2 is 2.05 bits per heavy atom. The number of piperazine rings is 1. The molecule has 0 spiro atoms. The molecule has 9 heteroatoms. The van der Waals surface area contributed by atoms with Crippen molar-refractivity contribution in [3.63, 3.8) is 0 Å². The maximum atomic E-state index is 11.3. The zero-order chi connectivity index (χ0) is 15.9. The number of hydrogen-bond acceptors (Lipinski definition) is 6. The smallest absolute Gasteiger partial charge is 0.407 e. The molecule has 1 aromatic heterocycles. The van der Waals surface area contributed by atoms with Crippen LogP contribution in [0.2, 0.25) is 5.15 Å². The molecule has 0 radical (unpaired) electrons. The van der Waals surface area contributed by atoms with Crippen LogP contribution >= 0.6 is 23.4 Å². The number of hydrogen-bond donors (Lipinski definition) is 1. The topological polar surface area (TPSA) is 93.4 Å². The highest BCUT2D eigenvalue weighted by molar-refractivity contribution is 7.98. The first kappa shape index (κ1) is 15.2. The number of rotatable bonds is 2. The molecule has 2 fully saturated rings. The molecule has 3 heterocycles. The minimum absolute atomic E-state index is 0.0609. The molecule has 2 aliphatic heterocycles. The highest BCUT2D eigenvalue weighted by atomic mass is 35.5. The quantitative estimate of drug-likeness (QED) is 0.500. The summed E-state index contributed by atoms with van der Waals surface area (Å²) in [5, 5.41) is 19.3. The number of carbonyl (C=O) groups is 1. The number of nitrogens with zero attached hydrogens (tertiary/aromatic N) is 5. The first-order valence-corrected chi connectivity index (χ1v) is 8.43. The van der Waals surface area contributed by atoms with E-state index in [1.165, 1.54) is 16.7 Å². The fourth-order valence-corrected chi connectivity index (χ4v) is 3.83. The molecule has 1 N–H and O–H groups in total. The molecular weight excluding hydrogens is 326 g/mol. The Balaban J connectivity index is 1.95. The van der Waals surface area contributed by atoms with Gasteiger partial charge >= 0.3 is 6.09 Å². The first-order chi connectivity index (χ1) is 10.5. The molecule has 2 aliphatic rings. The van der Waals surface area contributed by atoms with Crippen LogP contribution in [0, 0.1) is 11.3 Å². The molecule has 3 rings (SSSR count). The lowest BCUT2D eigenvalue weighted by Crippen LogP contribution is -2.55. The van der Waals surface area contributed by atoms with Crippen LogP contribution in [0.1, 0.15) is 18.4 Å². The Hall–Kier alpha value is -1.72. The number of aromatic nitrogens is 2. The summed E-state index contributed by atoms with van der Waals surface area (Å²) in [6, 6.07) is 1.94. The molecule has 1 aromatic rings. The van der Waals surface area contributed by atoms with Gasteiger partial charge in [0.05, 0.1) is 12.1 Å². The number of fused-ring (bicyclic) bond motifs is 2. The number of anilines is 1. The monoisotopic (exact) mass is 339 g/mol. The van der Waals surface area contributed by atoms with Crippen LogP contribution in [0.25, 0.3) is 0 Å². The molecular formula is C13H14ClN5O2S. The summed E-state index contributed by atoms with van der Waals surface area (Å²) in [5.41, 5.74) is 0.252. The number of halogens is 1. The molecule has 0 unspecified atom stereocenters. The molecule has 116 valence electrons. The van der Waals surface area contributed by atoms with Crippen LogP contribution in [0.4, 0.5) is 10.6 Å². The van der Waals surface area contributed by atoms with Crippen LogP contribution in [-0.2, 0) is 0 Å². The SMILES string of the molecule is CSc1nc(Cl)c(C#N)c(N2C[C@H]3CC[C@@H](C2)N3C(=O)O)n1. The summed E-state index contributed by atoms with van der Waals surface area (Å²) in [6.07, 6.45) is 2.64. The molecule has 2 bridgehead atoms. The third kappa shape index (κ3) is 2.44. The lowest BCUT2D eigenvalue weighted by molar-refractivity contribution is 0.114. The van der Waals surface area contributed by atoms with Gasteiger partial charge in [0.2, 0.25) is 0 Å². The van der Waals surface area contributed by atoms with Crippen molar-refractivity contribution < 1.29 is 9.90 Å². The molecule has 0 saturated carbocycles. The summed E-state index contributed by atoms with van der Waals surface area (Å²) >= 11 is 7.44. The van der Waals surface area contributed by atoms with E-state index in [0.29, 0.717) is 24.1 Å². The van der Waals surface area contributed by atoms with Gasteiger partial charge in [-0.3, -0.25) is 4.90 Å². The lowest BCUT2D eigenvalue weighted by Gasteiger charge is -2.40. The number of carboxylic acid groups (broad SMARTS) is 1. The molecule has 22 heavy (non-hydrogen) atoms. The van der Waals surface area contributed by atoms with Crippen molar-refractivity contribution in [1.82, 2.24) is 14.9 Å². The third-order valence-corrected chi connectivity index (χ3v) is 4.94. The van der Waals surface area contributed by atoms with Crippen LogP contribution in [0.15, 0.2) is 5.16 Å². The predicted octanol–water partition coefficient (Wildman–Crippen LogP) is 2.05. The minimum atomic E-state index is -0.877. The van der Waals surface area contributed by atoms with Crippen molar-refractivity contribution in [3.8, 4) is 6.07 Å². The second kappa shape index (κ2) is 5.82. The highest BCUT2D eigenvalue weighted by Gasteiger charge is 2.43. The van der Waals surface area contributed by atoms with Gasteiger partial charge in [-0.25, -0.2) is 14.8 Å². The highest BCUT2D eigenvalue weighted by Crippen LogP contribution is 2.34. The molecule has 0 aliphatic carbocycles. The second-order valence-electron chi connectivity index (χ2n) is 5.29. The van der Waals surface area contributed by atoms with Gasteiger partial charge in [0.25, 0.3) is 0 Å². The van der Waals surface area contributed by atoms with E-state index < -0.39 is 6.09 Å². The summed E-state index contributed by atoms with van der Waals surface area (Å²) in [4.78, 5) is 23.3. The van der Waals surface area contributed by atoms with Crippen molar-refractivity contribution >= 4 is 35.3 Å². The Morgan fingerprint density at radius 3 is 2.55 bits per heavy atom. The Kier molecular flexibility index (Phi) is 4.02. The van der Waals surface area contributed by atoms with E-state index in [9.17, 15) is 15.2 Å². The van der Waals surface area contributed by atoms with Crippen molar-refractivity contribution in [2.45, 2.75) is 30.1 Å². The van der Waals surface area contributed by atoms with Gasteiger partial charge in [0.15, 0.2) is 16.1 Å². The van der Waals surface area contributed by atoms with Gasteiger partial charge in [-0.1, -0.05) is 23.4 Å². The van der Waals surface area contributed by atoms with E-state index in [4.69, 9.17) is 11.6 Å². The van der Waals surface area contributed by atoms with Gasteiger partial charge in [0, 0.05) is 13.1 Å². The molecule has 2 saturated heterocycles. The second-order valence-corrected chi connectivity index (χ2v) is 6.42. The average Bonchev–Trinajstić information content (AvgIpc) is 2.77. The number of amides is 1. The van der Waals surface area contributed by atoms with Gasteiger partial charge in [-0.05, 0) is 19.1 Å². The lowest BCUT2D eigenvalue weighted by atomic mass is 10.2. The molecule has 2 atom stereocenters. The zero-order valence-corrected chi connectivity index (χ0v) is 13.4. The van der Waals surface area contributed by atoms with Crippen molar-refractivity contribution in [2.24, 2.45) is 0 Å². The van der Waals surface area contributed by atoms with E-state index in [2.05, 4.69) is 16.0 Å². The van der Waals surface area contributed by atoms with E-state index in [1.54, 1.807) is 0 Å². The summed E-state index contributed by atoms with van der Waals surface area (Å²) in [5.74, 6) is 0.508. The van der Waals surface area contributed by atoms with Gasteiger partial charge in [0.1, 0.15) is 11.6 Å². The predicted molar refractivity (Wildman–Crippen MR) is 82.4 cm³/mol. The Bertz CT molecular complexity index is 651. The average molecular weight is 340 g/mol. The molecule has 0 aromatic carbocycles. The van der Waals surface area contributed by atoms with Crippen molar-refractivity contribution in [2.75, 3.05) is 24.2 Å². The summed E-state index contributed by atoms with van der Waals surface area (Å²) in [6.45, 7) is 1.05. The fourth-order valence-electron chi connectivity index (χ4n) is 3.21. The third-order valence-electron chi connectivity index (χ3n) is 4.12. The largest absolute Gasteiger partial charge is 0.465 e. The van der Waals surface area contributed by atoms with E-state index in [0.717, 1.165) is 12.8 Å². The normalized spacial score (nSPS) is 23.5.